The average molecular weight is 298 g/mol. The molecule has 0 amide bonds. The smallest absolute Gasteiger partial charge is 0.122 e. The Morgan fingerprint density at radius 2 is 1.95 bits per heavy atom. The van der Waals surface area contributed by atoms with Crippen LogP contribution >= 0.6 is 11.6 Å². The second-order valence-electron chi connectivity index (χ2n) is 7.03. The summed E-state index contributed by atoms with van der Waals surface area (Å²) in [6, 6.07) is 5.84. The molecule has 2 unspecified atom stereocenters. The predicted octanol–water partition coefficient (Wildman–Crippen LogP) is 4.68. The summed E-state index contributed by atoms with van der Waals surface area (Å²) in [7, 11) is 1.68. The highest BCUT2D eigenvalue weighted by Crippen LogP contribution is 2.28. The Labute approximate surface area is 128 Å². The van der Waals surface area contributed by atoms with E-state index >= 15 is 0 Å². The molecule has 0 saturated heterocycles. The summed E-state index contributed by atoms with van der Waals surface area (Å²) in [4.78, 5) is 0. The minimum absolute atomic E-state index is 0.139. The van der Waals surface area contributed by atoms with E-state index in [4.69, 9.17) is 22.1 Å². The van der Waals surface area contributed by atoms with Crippen LogP contribution in [0.15, 0.2) is 18.2 Å². The molecule has 0 aliphatic carbocycles. The van der Waals surface area contributed by atoms with Crippen LogP contribution in [-0.4, -0.2) is 13.2 Å². The zero-order valence-corrected chi connectivity index (χ0v) is 14.1. The molecule has 0 saturated carbocycles. The van der Waals surface area contributed by atoms with Crippen molar-refractivity contribution in [3.05, 3.63) is 28.8 Å². The summed E-state index contributed by atoms with van der Waals surface area (Å²) < 4.78 is 5.37. The third-order valence-corrected chi connectivity index (χ3v) is 3.63. The number of benzene rings is 1. The fourth-order valence-corrected chi connectivity index (χ4v) is 3.11. The molecular weight excluding hydrogens is 270 g/mol. The van der Waals surface area contributed by atoms with E-state index in [1.807, 2.05) is 18.2 Å². The molecule has 0 spiro atoms. The standard InChI is InChI=1S/C17H28ClNO/c1-12(11-17(2,3)4)8-15(19)10-13-9-14(18)6-7-16(13)20-5/h6-7,9,12,15H,8,10-11,19H2,1-5H3. The maximum absolute atomic E-state index is 6.30. The van der Waals surface area contributed by atoms with Crippen LogP contribution in [0.25, 0.3) is 0 Å². The maximum Gasteiger partial charge on any atom is 0.122 e. The van der Waals surface area contributed by atoms with Gasteiger partial charge in [0.05, 0.1) is 7.11 Å². The van der Waals surface area contributed by atoms with Crippen molar-refractivity contribution in [2.24, 2.45) is 17.1 Å². The monoisotopic (exact) mass is 297 g/mol. The van der Waals surface area contributed by atoms with Crippen LogP contribution in [-0.2, 0) is 6.42 Å². The predicted molar refractivity (Wildman–Crippen MR) is 87.5 cm³/mol. The van der Waals surface area contributed by atoms with Crippen LogP contribution in [0, 0.1) is 11.3 Å². The van der Waals surface area contributed by atoms with E-state index in [2.05, 4.69) is 27.7 Å². The molecule has 1 rings (SSSR count). The van der Waals surface area contributed by atoms with Crippen LogP contribution in [0.3, 0.4) is 0 Å². The van der Waals surface area contributed by atoms with Gasteiger partial charge in [0.2, 0.25) is 0 Å². The number of methoxy groups -OCH3 is 1. The Bertz CT molecular complexity index is 425. The zero-order chi connectivity index (χ0) is 15.3. The fraction of sp³-hybridized carbons (Fsp3) is 0.647. The Morgan fingerprint density at radius 1 is 1.30 bits per heavy atom. The second-order valence-corrected chi connectivity index (χ2v) is 7.46. The molecule has 0 aliphatic rings. The molecule has 0 aliphatic heterocycles. The van der Waals surface area contributed by atoms with E-state index in [1.54, 1.807) is 7.11 Å². The van der Waals surface area contributed by atoms with Gasteiger partial charge in [-0.3, -0.25) is 0 Å². The molecule has 20 heavy (non-hydrogen) atoms. The first kappa shape index (κ1) is 17.3. The van der Waals surface area contributed by atoms with Crippen molar-refractivity contribution in [1.82, 2.24) is 0 Å². The van der Waals surface area contributed by atoms with E-state index in [0.29, 0.717) is 11.3 Å². The largest absolute Gasteiger partial charge is 0.496 e. The lowest BCUT2D eigenvalue weighted by atomic mass is 9.82. The topological polar surface area (TPSA) is 35.2 Å². The molecule has 2 nitrogen and oxygen atoms in total. The molecule has 0 aromatic heterocycles. The van der Waals surface area contributed by atoms with Crippen molar-refractivity contribution in [2.75, 3.05) is 7.11 Å². The molecule has 1 aromatic carbocycles. The molecule has 114 valence electrons. The van der Waals surface area contributed by atoms with Crippen molar-refractivity contribution in [3.8, 4) is 5.75 Å². The van der Waals surface area contributed by atoms with Gasteiger partial charge in [-0.15, -0.1) is 0 Å². The molecule has 0 bridgehead atoms. The van der Waals surface area contributed by atoms with Crippen molar-refractivity contribution < 1.29 is 4.74 Å². The van der Waals surface area contributed by atoms with Gasteiger partial charge in [0.15, 0.2) is 0 Å². The fourth-order valence-electron chi connectivity index (χ4n) is 2.92. The molecule has 2 atom stereocenters. The van der Waals surface area contributed by atoms with Gasteiger partial charge in [-0.1, -0.05) is 39.3 Å². The van der Waals surface area contributed by atoms with Crippen molar-refractivity contribution >= 4 is 11.6 Å². The third-order valence-electron chi connectivity index (χ3n) is 3.39. The second kappa shape index (κ2) is 7.33. The number of nitrogens with two attached hydrogens (primary N) is 1. The number of ether oxygens (including phenoxy) is 1. The first-order chi connectivity index (χ1) is 9.21. The lowest BCUT2D eigenvalue weighted by Gasteiger charge is -2.25. The first-order valence-electron chi connectivity index (χ1n) is 7.29. The molecule has 0 radical (unpaired) electrons. The highest BCUT2D eigenvalue weighted by molar-refractivity contribution is 6.30. The van der Waals surface area contributed by atoms with Gasteiger partial charge >= 0.3 is 0 Å². The Kier molecular flexibility index (Phi) is 6.35. The van der Waals surface area contributed by atoms with Crippen LogP contribution in [0.1, 0.15) is 46.1 Å². The average Bonchev–Trinajstić information content (AvgIpc) is 2.26. The van der Waals surface area contributed by atoms with E-state index in [0.717, 1.165) is 29.2 Å². The van der Waals surface area contributed by atoms with Crippen LogP contribution in [0.5, 0.6) is 5.75 Å². The molecule has 0 fully saturated rings. The number of halogens is 1. The summed E-state index contributed by atoms with van der Waals surface area (Å²) >= 11 is 6.05. The summed E-state index contributed by atoms with van der Waals surface area (Å²) in [5.74, 6) is 1.49. The highest BCUT2D eigenvalue weighted by atomic mass is 35.5. The SMILES string of the molecule is COc1ccc(Cl)cc1CC(N)CC(C)CC(C)(C)C. The normalized spacial score (nSPS) is 14.9. The third kappa shape index (κ3) is 6.15. The number of hydrogen-bond acceptors (Lipinski definition) is 2. The molecule has 0 heterocycles. The summed E-state index contributed by atoms with van der Waals surface area (Å²) in [6.07, 6.45) is 3.01. The van der Waals surface area contributed by atoms with Gasteiger partial charge in [0.1, 0.15) is 5.75 Å². The Morgan fingerprint density at radius 3 is 2.50 bits per heavy atom. The van der Waals surface area contributed by atoms with Crippen molar-refractivity contribution in [1.29, 1.82) is 0 Å². The van der Waals surface area contributed by atoms with Gasteiger partial charge in [0.25, 0.3) is 0 Å². The highest BCUT2D eigenvalue weighted by Gasteiger charge is 2.18. The number of rotatable bonds is 6. The molecule has 3 heteroatoms. The van der Waals surface area contributed by atoms with E-state index in [-0.39, 0.29) is 6.04 Å². The van der Waals surface area contributed by atoms with Gasteiger partial charge in [-0.2, -0.15) is 0 Å². The lowest BCUT2D eigenvalue weighted by molar-refractivity contribution is 0.284. The van der Waals surface area contributed by atoms with Gasteiger partial charge in [-0.05, 0) is 54.4 Å². The zero-order valence-electron chi connectivity index (χ0n) is 13.4. The molecular formula is C17H28ClNO. The van der Waals surface area contributed by atoms with Crippen molar-refractivity contribution in [2.45, 2.75) is 53.0 Å². The minimum atomic E-state index is 0.139. The maximum atomic E-state index is 6.30. The molecule has 2 N–H and O–H groups in total. The van der Waals surface area contributed by atoms with E-state index in [1.165, 1.54) is 6.42 Å². The van der Waals surface area contributed by atoms with Crippen molar-refractivity contribution in [3.63, 3.8) is 0 Å². The van der Waals surface area contributed by atoms with Gasteiger partial charge in [-0.25, -0.2) is 0 Å². The Balaban J connectivity index is 2.62. The molecule has 1 aromatic rings. The summed E-state index contributed by atoms with van der Waals surface area (Å²) in [5, 5.41) is 0.732. The summed E-state index contributed by atoms with van der Waals surface area (Å²) in [5.41, 5.74) is 7.75. The quantitative estimate of drug-likeness (QED) is 0.827. The summed E-state index contributed by atoms with van der Waals surface area (Å²) in [6.45, 7) is 9.10. The van der Waals surface area contributed by atoms with Crippen LogP contribution in [0.4, 0.5) is 0 Å². The van der Waals surface area contributed by atoms with Crippen LogP contribution in [0.2, 0.25) is 5.02 Å². The van der Waals surface area contributed by atoms with Crippen LogP contribution < -0.4 is 10.5 Å². The Hall–Kier alpha value is -0.730. The van der Waals surface area contributed by atoms with Gasteiger partial charge < -0.3 is 10.5 Å². The minimum Gasteiger partial charge on any atom is -0.496 e. The lowest BCUT2D eigenvalue weighted by Crippen LogP contribution is -2.27. The van der Waals surface area contributed by atoms with E-state index < -0.39 is 0 Å². The van der Waals surface area contributed by atoms with Gasteiger partial charge in [0, 0.05) is 11.1 Å². The number of hydrogen-bond donors (Lipinski definition) is 1. The van der Waals surface area contributed by atoms with E-state index in [9.17, 15) is 0 Å². The first-order valence-corrected chi connectivity index (χ1v) is 7.67.